The average Bonchev–Trinajstić information content (AvgIpc) is 2.87. The van der Waals surface area contributed by atoms with Gasteiger partial charge >= 0.3 is 5.97 Å². The lowest BCUT2D eigenvalue weighted by atomic mass is 10.3. The Morgan fingerprint density at radius 2 is 1.95 bits per heavy atom. The number of nitrogens with one attached hydrogen (secondary N) is 1. The van der Waals surface area contributed by atoms with Crippen LogP contribution in [0.1, 0.15) is 30.8 Å². The van der Waals surface area contributed by atoms with Gasteiger partial charge in [-0.15, -0.1) is 0 Å². The van der Waals surface area contributed by atoms with Crippen LogP contribution in [-0.4, -0.2) is 52.0 Å². The summed E-state index contributed by atoms with van der Waals surface area (Å²) >= 11 is 0. The number of hydrogen-bond donors (Lipinski definition) is 2. The van der Waals surface area contributed by atoms with Crippen molar-refractivity contribution in [3.05, 3.63) is 24.0 Å². The van der Waals surface area contributed by atoms with Gasteiger partial charge in [0.05, 0.1) is 0 Å². The quantitative estimate of drug-likeness (QED) is 0.733. The molecule has 0 saturated carbocycles. The van der Waals surface area contributed by atoms with E-state index in [0.29, 0.717) is 13.1 Å². The largest absolute Gasteiger partial charge is 0.480 e. The highest BCUT2D eigenvalue weighted by atomic mass is 16.4. The third-order valence-electron chi connectivity index (χ3n) is 3.11. The molecule has 0 unspecified atom stereocenters. The number of nitrogens with zero attached hydrogens (tertiary/aromatic N) is 2. The molecule has 0 saturated heterocycles. The highest BCUT2D eigenvalue weighted by molar-refractivity contribution is 5.93. The highest BCUT2D eigenvalue weighted by Crippen LogP contribution is 2.02. The van der Waals surface area contributed by atoms with Gasteiger partial charge in [-0.1, -0.05) is 0 Å². The Hall–Kier alpha value is -2.31. The summed E-state index contributed by atoms with van der Waals surface area (Å²) in [6.07, 6.45) is 1.76. The summed E-state index contributed by atoms with van der Waals surface area (Å²) in [5, 5.41) is 11.4. The molecule has 1 rings (SSSR count). The summed E-state index contributed by atoms with van der Waals surface area (Å²) in [4.78, 5) is 36.1. The van der Waals surface area contributed by atoms with E-state index in [9.17, 15) is 14.4 Å². The molecule has 0 bridgehead atoms. The second-order valence-electron chi connectivity index (χ2n) is 4.49. The molecule has 1 heterocycles. The van der Waals surface area contributed by atoms with E-state index < -0.39 is 5.97 Å². The van der Waals surface area contributed by atoms with Crippen LogP contribution in [0.3, 0.4) is 0 Å². The Balaban J connectivity index is 2.49. The second-order valence-corrected chi connectivity index (χ2v) is 4.49. The van der Waals surface area contributed by atoms with E-state index in [4.69, 9.17) is 5.11 Å². The fourth-order valence-corrected chi connectivity index (χ4v) is 2.01. The topological polar surface area (TPSA) is 91.6 Å². The molecule has 0 atom stereocenters. The Morgan fingerprint density at radius 1 is 1.29 bits per heavy atom. The van der Waals surface area contributed by atoms with Crippen LogP contribution in [0.5, 0.6) is 0 Å². The zero-order valence-electron chi connectivity index (χ0n) is 12.3. The number of rotatable bonds is 8. The minimum Gasteiger partial charge on any atom is -0.480 e. The molecule has 2 N–H and O–H groups in total. The summed E-state index contributed by atoms with van der Waals surface area (Å²) in [6.45, 7) is 5.05. The van der Waals surface area contributed by atoms with Crippen molar-refractivity contribution in [1.29, 1.82) is 0 Å². The van der Waals surface area contributed by atoms with E-state index in [0.717, 1.165) is 0 Å². The van der Waals surface area contributed by atoms with Crippen molar-refractivity contribution in [1.82, 2.24) is 14.8 Å². The molecule has 0 aliphatic carbocycles. The Morgan fingerprint density at radius 3 is 2.52 bits per heavy atom. The number of carbonyl (C=O) groups excluding carboxylic acids is 2. The van der Waals surface area contributed by atoms with Gasteiger partial charge in [0.25, 0.3) is 5.91 Å². The van der Waals surface area contributed by atoms with Crippen LogP contribution >= 0.6 is 0 Å². The normalized spacial score (nSPS) is 10.2. The van der Waals surface area contributed by atoms with Gasteiger partial charge in [0.15, 0.2) is 0 Å². The van der Waals surface area contributed by atoms with E-state index in [2.05, 4.69) is 5.32 Å². The van der Waals surface area contributed by atoms with Crippen LogP contribution in [0, 0.1) is 0 Å². The summed E-state index contributed by atoms with van der Waals surface area (Å²) in [7, 11) is 0. The second kappa shape index (κ2) is 8.08. The first kappa shape index (κ1) is 16.7. The first-order chi connectivity index (χ1) is 9.99. The lowest BCUT2D eigenvalue weighted by molar-refractivity contribution is -0.137. The first-order valence-electron chi connectivity index (χ1n) is 6.92. The smallest absolute Gasteiger partial charge is 0.323 e. The lowest BCUT2D eigenvalue weighted by Gasteiger charge is -2.18. The summed E-state index contributed by atoms with van der Waals surface area (Å²) < 4.78 is 1.35. The van der Waals surface area contributed by atoms with Crippen molar-refractivity contribution in [2.45, 2.75) is 26.8 Å². The number of carboxylic acids is 1. The summed E-state index contributed by atoms with van der Waals surface area (Å²) in [5.41, 5.74) is 0.271. The predicted molar refractivity (Wildman–Crippen MR) is 76.9 cm³/mol. The number of carbonyl (C=O) groups is 3. The zero-order valence-corrected chi connectivity index (χ0v) is 12.3. The average molecular weight is 295 g/mol. The SMILES string of the molecule is CCN(CC)C(=O)CCNC(=O)c1cccn1CC(=O)O. The van der Waals surface area contributed by atoms with Crippen LogP contribution in [0.2, 0.25) is 0 Å². The fraction of sp³-hybridized carbons (Fsp3) is 0.500. The van der Waals surface area contributed by atoms with E-state index in [1.54, 1.807) is 17.0 Å². The van der Waals surface area contributed by atoms with Gasteiger partial charge in [-0.05, 0) is 26.0 Å². The molecule has 7 nitrogen and oxygen atoms in total. The molecule has 0 aliphatic heterocycles. The maximum absolute atomic E-state index is 11.9. The molecule has 0 radical (unpaired) electrons. The molecule has 1 aromatic heterocycles. The molecule has 1 aromatic rings. The first-order valence-corrected chi connectivity index (χ1v) is 6.92. The maximum atomic E-state index is 11.9. The lowest BCUT2D eigenvalue weighted by Crippen LogP contribution is -2.34. The molecule has 0 aliphatic rings. The maximum Gasteiger partial charge on any atom is 0.323 e. The van der Waals surface area contributed by atoms with Gasteiger partial charge in [-0.3, -0.25) is 14.4 Å². The van der Waals surface area contributed by atoms with Gasteiger partial charge < -0.3 is 19.9 Å². The van der Waals surface area contributed by atoms with Crippen molar-refractivity contribution in [3.8, 4) is 0 Å². The molecule has 0 spiro atoms. The molecular formula is C14H21N3O4. The molecule has 7 heteroatoms. The number of amides is 2. The Labute approximate surface area is 123 Å². The minimum absolute atomic E-state index is 0.0128. The van der Waals surface area contributed by atoms with Crippen LogP contribution in [0.4, 0.5) is 0 Å². The summed E-state index contributed by atoms with van der Waals surface area (Å²) in [5.74, 6) is -1.41. The van der Waals surface area contributed by atoms with Crippen molar-refractivity contribution in [2.75, 3.05) is 19.6 Å². The minimum atomic E-state index is -1.02. The molecule has 21 heavy (non-hydrogen) atoms. The van der Waals surface area contributed by atoms with Gasteiger partial charge in [0.2, 0.25) is 5.91 Å². The fourth-order valence-electron chi connectivity index (χ4n) is 2.01. The molecule has 0 aromatic carbocycles. The van der Waals surface area contributed by atoms with Crippen molar-refractivity contribution in [3.63, 3.8) is 0 Å². The Kier molecular flexibility index (Phi) is 6.45. The van der Waals surface area contributed by atoms with Crippen molar-refractivity contribution < 1.29 is 19.5 Å². The molecular weight excluding hydrogens is 274 g/mol. The van der Waals surface area contributed by atoms with E-state index in [1.807, 2.05) is 13.8 Å². The van der Waals surface area contributed by atoms with E-state index >= 15 is 0 Å². The van der Waals surface area contributed by atoms with E-state index in [-0.39, 0.29) is 37.0 Å². The number of aromatic nitrogens is 1. The standard InChI is InChI=1S/C14H21N3O4/c1-3-16(4-2)12(18)7-8-15-14(21)11-6-5-9-17(11)10-13(19)20/h5-6,9H,3-4,7-8,10H2,1-2H3,(H,15,21)(H,19,20). The molecule has 0 fully saturated rings. The van der Waals surface area contributed by atoms with Crippen molar-refractivity contribution >= 4 is 17.8 Å². The third-order valence-corrected chi connectivity index (χ3v) is 3.11. The van der Waals surface area contributed by atoms with Crippen LogP contribution < -0.4 is 5.32 Å². The third kappa shape index (κ3) is 4.94. The summed E-state index contributed by atoms with van der Waals surface area (Å²) in [6, 6.07) is 3.16. The predicted octanol–water partition coefficient (Wildman–Crippen LogP) is 0.561. The van der Waals surface area contributed by atoms with E-state index in [1.165, 1.54) is 10.8 Å². The number of carboxylic acid groups (broad SMARTS) is 1. The molecule has 116 valence electrons. The zero-order chi connectivity index (χ0) is 15.8. The van der Waals surface area contributed by atoms with Crippen LogP contribution in [-0.2, 0) is 16.1 Å². The monoisotopic (exact) mass is 295 g/mol. The van der Waals surface area contributed by atoms with Gasteiger partial charge in [0.1, 0.15) is 12.2 Å². The van der Waals surface area contributed by atoms with Gasteiger partial charge in [-0.2, -0.15) is 0 Å². The van der Waals surface area contributed by atoms with Crippen LogP contribution in [0.15, 0.2) is 18.3 Å². The number of aliphatic carboxylic acids is 1. The Bertz CT molecular complexity index is 506. The highest BCUT2D eigenvalue weighted by Gasteiger charge is 2.14. The van der Waals surface area contributed by atoms with Crippen molar-refractivity contribution in [2.24, 2.45) is 0 Å². The van der Waals surface area contributed by atoms with Crippen LogP contribution in [0.25, 0.3) is 0 Å². The number of hydrogen-bond acceptors (Lipinski definition) is 3. The van der Waals surface area contributed by atoms with Gasteiger partial charge in [0, 0.05) is 32.3 Å². The van der Waals surface area contributed by atoms with Gasteiger partial charge in [-0.25, -0.2) is 0 Å². The molecule has 2 amide bonds.